The Balaban J connectivity index is 1.24. The number of nitrogens with one attached hydrogen (secondary N) is 1. The fourth-order valence-corrected chi connectivity index (χ4v) is 8.24. The lowest BCUT2D eigenvalue weighted by molar-refractivity contribution is -0.131. The highest BCUT2D eigenvalue weighted by atomic mass is 79.9. The summed E-state index contributed by atoms with van der Waals surface area (Å²) in [6.45, 7) is 2.29. The van der Waals surface area contributed by atoms with Crippen molar-refractivity contribution in [3.8, 4) is 0 Å². The van der Waals surface area contributed by atoms with Crippen LogP contribution in [0.2, 0.25) is 0 Å². The lowest BCUT2D eigenvalue weighted by atomic mass is 9.48. The predicted octanol–water partition coefficient (Wildman–Crippen LogP) is 4.02. The van der Waals surface area contributed by atoms with Crippen molar-refractivity contribution >= 4 is 27.7 Å². The molecule has 5 aliphatic rings. The number of hydrogen-bond donors (Lipinski definition) is 1. The molecule has 4 bridgehead atoms. The molecule has 2 amide bonds. The Morgan fingerprint density at radius 1 is 1.00 bits per heavy atom. The van der Waals surface area contributed by atoms with Crippen molar-refractivity contribution in [3.63, 3.8) is 0 Å². The Morgan fingerprint density at radius 3 is 2.27 bits per heavy atom. The van der Waals surface area contributed by atoms with Crippen LogP contribution in [0.25, 0.3) is 0 Å². The smallest absolute Gasteiger partial charge is 0.224 e. The van der Waals surface area contributed by atoms with Crippen LogP contribution in [0.5, 0.6) is 0 Å². The molecule has 2 atom stereocenters. The minimum Gasteiger partial charge on any atom is -0.356 e. The van der Waals surface area contributed by atoms with Crippen LogP contribution in [0.1, 0.15) is 77.0 Å². The molecule has 1 heterocycles. The van der Waals surface area contributed by atoms with Gasteiger partial charge in [0, 0.05) is 36.8 Å². The molecule has 1 aliphatic heterocycles. The number of likely N-dealkylation sites (tertiary alicyclic amines) is 1. The van der Waals surface area contributed by atoms with Crippen LogP contribution in [-0.4, -0.2) is 40.7 Å². The summed E-state index contributed by atoms with van der Waals surface area (Å²) in [7, 11) is 0. The van der Waals surface area contributed by atoms with E-state index in [9.17, 15) is 9.59 Å². The zero-order valence-electron chi connectivity index (χ0n) is 15.9. The van der Waals surface area contributed by atoms with Crippen LogP contribution in [0, 0.1) is 17.3 Å². The van der Waals surface area contributed by atoms with Crippen molar-refractivity contribution in [2.24, 2.45) is 17.3 Å². The molecule has 5 rings (SSSR count). The van der Waals surface area contributed by atoms with E-state index in [-0.39, 0.29) is 17.2 Å². The van der Waals surface area contributed by atoms with Crippen molar-refractivity contribution in [2.45, 2.75) is 81.4 Å². The molecule has 5 fully saturated rings. The predicted molar refractivity (Wildman–Crippen MR) is 106 cm³/mol. The maximum Gasteiger partial charge on any atom is 0.224 e. The van der Waals surface area contributed by atoms with Crippen molar-refractivity contribution in [1.82, 2.24) is 10.2 Å². The van der Waals surface area contributed by atoms with E-state index in [1.165, 1.54) is 44.9 Å². The number of amides is 2. The van der Waals surface area contributed by atoms with E-state index in [4.69, 9.17) is 0 Å². The van der Waals surface area contributed by atoms with E-state index >= 15 is 0 Å². The number of carbonyl (C=O) groups excluding carboxylic acids is 2. The van der Waals surface area contributed by atoms with Crippen molar-refractivity contribution in [1.29, 1.82) is 0 Å². The first kappa shape index (κ1) is 18.8. The minimum atomic E-state index is 0.159. The molecule has 0 radical (unpaired) electrons. The van der Waals surface area contributed by atoms with Gasteiger partial charge in [0.1, 0.15) is 0 Å². The third-order valence-electron chi connectivity index (χ3n) is 7.27. The average molecular weight is 425 g/mol. The highest BCUT2D eigenvalue weighted by molar-refractivity contribution is 9.10. The van der Waals surface area contributed by atoms with Gasteiger partial charge in [0.25, 0.3) is 0 Å². The lowest BCUT2D eigenvalue weighted by Gasteiger charge is -2.60. The summed E-state index contributed by atoms with van der Waals surface area (Å²) < 4.78 is 0.306. The van der Waals surface area contributed by atoms with E-state index in [1.54, 1.807) is 0 Å². The minimum absolute atomic E-state index is 0.159. The van der Waals surface area contributed by atoms with Crippen molar-refractivity contribution in [2.75, 3.05) is 19.6 Å². The van der Waals surface area contributed by atoms with Crippen LogP contribution < -0.4 is 5.32 Å². The molecular weight excluding hydrogens is 392 g/mol. The van der Waals surface area contributed by atoms with Gasteiger partial charge in [0.15, 0.2) is 0 Å². The van der Waals surface area contributed by atoms with Crippen molar-refractivity contribution < 1.29 is 9.59 Å². The molecule has 4 aliphatic carbocycles. The number of alkyl halides is 1. The monoisotopic (exact) mass is 424 g/mol. The lowest BCUT2D eigenvalue weighted by Crippen LogP contribution is -2.54. The second-order valence-corrected chi connectivity index (χ2v) is 11.4. The van der Waals surface area contributed by atoms with Crippen LogP contribution >= 0.6 is 15.9 Å². The molecule has 2 unspecified atom stereocenters. The number of rotatable bonds is 5. The Hall–Kier alpha value is -0.580. The SMILES string of the molecule is O=C(CC12CC3CC(CC(Br)(C3)C1)C2)NCCC(=O)N1CCCCCC1. The Bertz CT molecular complexity index is 542. The molecule has 26 heavy (non-hydrogen) atoms. The van der Waals surface area contributed by atoms with Gasteiger partial charge in [-0.05, 0) is 68.6 Å². The molecule has 0 aromatic carbocycles. The van der Waals surface area contributed by atoms with Gasteiger partial charge in [0.2, 0.25) is 11.8 Å². The van der Waals surface area contributed by atoms with Crippen molar-refractivity contribution in [3.05, 3.63) is 0 Å². The fraction of sp³-hybridized carbons (Fsp3) is 0.905. The van der Waals surface area contributed by atoms with Crippen LogP contribution in [0.3, 0.4) is 0 Å². The van der Waals surface area contributed by atoms with E-state index in [1.807, 2.05) is 4.90 Å². The Labute approximate surface area is 166 Å². The Morgan fingerprint density at radius 2 is 1.65 bits per heavy atom. The average Bonchev–Trinajstić information content (AvgIpc) is 2.81. The first-order valence-corrected chi connectivity index (χ1v) is 11.5. The van der Waals surface area contributed by atoms with Gasteiger partial charge in [-0.15, -0.1) is 0 Å². The van der Waals surface area contributed by atoms with E-state index in [0.717, 1.165) is 44.2 Å². The van der Waals surface area contributed by atoms with Crippen LogP contribution in [0.15, 0.2) is 0 Å². The molecule has 146 valence electrons. The van der Waals surface area contributed by atoms with E-state index in [0.29, 0.717) is 23.7 Å². The van der Waals surface area contributed by atoms with Crippen LogP contribution in [0.4, 0.5) is 0 Å². The normalized spacial score (nSPS) is 38.9. The summed E-state index contributed by atoms with van der Waals surface area (Å²) in [5, 5.41) is 3.05. The molecule has 4 nitrogen and oxygen atoms in total. The summed E-state index contributed by atoms with van der Waals surface area (Å²) in [5.74, 6) is 1.99. The topological polar surface area (TPSA) is 49.4 Å². The van der Waals surface area contributed by atoms with Gasteiger partial charge in [0.05, 0.1) is 0 Å². The van der Waals surface area contributed by atoms with Gasteiger partial charge in [-0.3, -0.25) is 9.59 Å². The third kappa shape index (κ3) is 4.13. The molecule has 0 aromatic rings. The summed E-state index contributed by atoms with van der Waals surface area (Å²) in [6, 6.07) is 0. The zero-order valence-corrected chi connectivity index (χ0v) is 17.5. The van der Waals surface area contributed by atoms with Gasteiger partial charge >= 0.3 is 0 Å². The molecule has 0 spiro atoms. The fourth-order valence-electron chi connectivity index (χ4n) is 6.73. The summed E-state index contributed by atoms with van der Waals surface area (Å²) in [4.78, 5) is 26.9. The molecule has 1 N–H and O–H groups in total. The highest BCUT2D eigenvalue weighted by Gasteiger charge is 2.57. The largest absolute Gasteiger partial charge is 0.356 e. The maximum atomic E-state index is 12.6. The summed E-state index contributed by atoms with van der Waals surface area (Å²) in [5.41, 5.74) is 0.215. The van der Waals surface area contributed by atoms with Gasteiger partial charge in [-0.25, -0.2) is 0 Å². The second-order valence-electron chi connectivity index (χ2n) is 9.68. The zero-order chi connectivity index (χ0) is 18.2. The number of nitrogens with zero attached hydrogens (tertiary/aromatic N) is 1. The van der Waals surface area contributed by atoms with Gasteiger partial charge < -0.3 is 10.2 Å². The van der Waals surface area contributed by atoms with Crippen LogP contribution in [-0.2, 0) is 9.59 Å². The quantitative estimate of drug-likeness (QED) is 0.677. The van der Waals surface area contributed by atoms with Gasteiger partial charge in [-0.2, -0.15) is 0 Å². The Kier molecular flexibility index (Phi) is 5.37. The number of carbonyl (C=O) groups is 2. The van der Waals surface area contributed by atoms with E-state index < -0.39 is 0 Å². The summed E-state index contributed by atoms with van der Waals surface area (Å²) >= 11 is 4.02. The third-order valence-corrected chi connectivity index (χ3v) is 8.19. The first-order valence-electron chi connectivity index (χ1n) is 10.7. The number of halogens is 1. The molecule has 0 aromatic heterocycles. The summed E-state index contributed by atoms with van der Waals surface area (Å²) in [6.07, 6.45) is 13.4. The van der Waals surface area contributed by atoms with E-state index in [2.05, 4.69) is 21.2 Å². The highest BCUT2D eigenvalue weighted by Crippen LogP contribution is 2.65. The molecular formula is C21H33BrN2O2. The first-order chi connectivity index (χ1) is 12.5. The van der Waals surface area contributed by atoms with Gasteiger partial charge in [-0.1, -0.05) is 28.8 Å². The number of hydrogen-bond acceptors (Lipinski definition) is 2. The second kappa shape index (κ2) is 7.44. The molecule has 4 saturated carbocycles. The molecule has 1 saturated heterocycles. The molecule has 5 heteroatoms. The maximum absolute atomic E-state index is 12.6. The standard InChI is InChI=1S/C21H33BrN2O2/c22-21-12-16-9-17(13-21)11-20(10-16,15-21)14-18(25)23-6-5-19(26)24-7-3-1-2-4-8-24/h16-17H,1-15H2,(H,23,25).